The lowest BCUT2D eigenvalue weighted by Crippen LogP contribution is -2.37. The molecule has 0 fully saturated rings. The van der Waals surface area contributed by atoms with Crippen molar-refractivity contribution in [1.29, 1.82) is 0 Å². The lowest BCUT2D eigenvalue weighted by Gasteiger charge is -2.36. The SMILES string of the molecule is COC1C2=C(C=C(C)C1O)CCCC2C. The fourth-order valence-corrected chi connectivity index (χ4v) is 2.86. The Bertz CT molecular complexity index is 314. The highest BCUT2D eigenvalue weighted by Gasteiger charge is 2.34. The molecule has 0 radical (unpaired) electrons. The second kappa shape index (κ2) is 4.11. The average molecular weight is 208 g/mol. The zero-order valence-electron chi connectivity index (χ0n) is 9.79. The van der Waals surface area contributed by atoms with E-state index in [0.717, 1.165) is 12.0 Å². The maximum Gasteiger partial charge on any atom is 0.109 e. The van der Waals surface area contributed by atoms with Gasteiger partial charge in [-0.2, -0.15) is 0 Å². The van der Waals surface area contributed by atoms with Crippen LogP contribution in [0.3, 0.4) is 0 Å². The highest BCUT2D eigenvalue weighted by Crippen LogP contribution is 2.39. The molecule has 0 aromatic heterocycles. The van der Waals surface area contributed by atoms with Crippen LogP contribution in [0.5, 0.6) is 0 Å². The number of aliphatic hydroxyl groups is 1. The molecule has 2 heteroatoms. The molecule has 0 heterocycles. The highest BCUT2D eigenvalue weighted by atomic mass is 16.5. The molecule has 2 nitrogen and oxygen atoms in total. The first kappa shape index (κ1) is 10.9. The predicted molar refractivity (Wildman–Crippen MR) is 60.6 cm³/mol. The Kier molecular flexibility index (Phi) is 2.98. The number of hydrogen-bond donors (Lipinski definition) is 1. The summed E-state index contributed by atoms with van der Waals surface area (Å²) in [6.45, 7) is 4.22. The average Bonchev–Trinajstić information content (AvgIpc) is 2.21. The number of ether oxygens (including phenoxy) is 1. The predicted octanol–water partition coefficient (Wildman–Crippen LogP) is 2.44. The highest BCUT2D eigenvalue weighted by molar-refractivity contribution is 5.41. The molecule has 2 aliphatic carbocycles. The van der Waals surface area contributed by atoms with E-state index >= 15 is 0 Å². The van der Waals surface area contributed by atoms with Crippen LogP contribution in [-0.4, -0.2) is 24.4 Å². The van der Waals surface area contributed by atoms with Crippen molar-refractivity contribution in [3.63, 3.8) is 0 Å². The van der Waals surface area contributed by atoms with Crippen molar-refractivity contribution in [3.05, 3.63) is 22.8 Å². The lowest BCUT2D eigenvalue weighted by molar-refractivity contribution is 0.0200. The summed E-state index contributed by atoms with van der Waals surface area (Å²) in [5, 5.41) is 10.1. The summed E-state index contributed by atoms with van der Waals surface area (Å²) < 4.78 is 5.46. The first-order valence-electron chi connectivity index (χ1n) is 5.77. The van der Waals surface area contributed by atoms with Gasteiger partial charge in [0.1, 0.15) is 12.2 Å². The molecule has 2 rings (SSSR count). The van der Waals surface area contributed by atoms with Gasteiger partial charge in [-0.3, -0.25) is 0 Å². The van der Waals surface area contributed by atoms with Gasteiger partial charge in [0.2, 0.25) is 0 Å². The van der Waals surface area contributed by atoms with Crippen molar-refractivity contribution < 1.29 is 9.84 Å². The fraction of sp³-hybridized carbons (Fsp3) is 0.692. The molecule has 15 heavy (non-hydrogen) atoms. The zero-order chi connectivity index (χ0) is 11.0. The van der Waals surface area contributed by atoms with Gasteiger partial charge >= 0.3 is 0 Å². The number of hydrogen-bond acceptors (Lipinski definition) is 2. The van der Waals surface area contributed by atoms with Crippen LogP contribution in [0, 0.1) is 5.92 Å². The maximum atomic E-state index is 10.1. The van der Waals surface area contributed by atoms with Crippen molar-refractivity contribution in [2.75, 3.05) is 7.11 Å². The molecule has 0 aromatic carbocycles. The van der Waals surface area contributed by atoms with Gasteiger partial charge in [0.05, 0.1) is 0 Å². The number of methoxy groups -OCH3 is 1. The van der Waals surface area contributed by atoms with Gasteiger partial charge in [-0.15, -0.1) is 0 Å². The molecule has 0 amide bonds. The molecule has 0 bridgehead atoms. The summed E-state index contributed by atoms with van der Waals surface area (Å²) in [4.78, 5) is 0. The summed E-state index contributed by atoms with van der Waals surface area (Å²) in [5.41, 5.74) is 3.78. The molecule has 2 aliphatic rings. The van der Waals surface area contributed by atoms with E-state index in [1.54, 1.807) is 7.11 Å². The molecule has 0 aromatic rings. The maximum absolute atomic E-state index is 10.1. The Hall–Kier alpha value is -0.600. The Morgan fingerprint density at radius 1 is 1.47 bits per heavy atom. The van der Waals surface area contributed by atoms with Crippen LogP contribution in [0.1, 0.15) is 33.1 Å². The van der Waals surface area contributed by atoms with E-state index < -0.39 is 6.10 Å². The minimum absolute atomic E-state index is 0.111. The van der Waals surface area contributed by atoms with Crippen LogP contribution < -0.4 is 0 Å². The van der Waals surface area contributed by atoms with Crippen LogP contribution in [-0.2, 0) is 4.74 Å². The fourth-order valence-electron chi connectivity index (χ4n) is 2.86. The van der Waals surface area contributed by atoms with Crippen molar-refractivity contribution in [2.45, 2.75) is 45.3 Å². The normalized spacial score (nSPS) is 36.3. The van der Waals surface area contributed by atoms with Crippen LogP contribution in [0.4, 0.5) is 0 Å². The van der Waals surface area contributed by atoms with Crippen molar-refractivity contribution in [3.8, 4) is 0 Å². The summed E-state index contributed by atoms with van der Waals surface area (Å²) >= 11 is 0. The van der Waals surface area contributed by atoms with Gasteiger partial charge in [0.15, 0.2) is 0 Å². The summed E-state index contributed by atoms with van der Waals surface area (Å²) in [7, 11) is 1.69. The third kappa shape index (κ3) is 1.77. The zero-order valence-corrected chi connectivity index (χ0v) is 9.79. The topological polar surface area (TPSA) is 29.5 Å². The van der Waals surface area contributed by atoms with Crippen molar-refractivity contribution in [1.82, 2.24) is 0 Å². The van der Waals surface area contributed by atoms with Gasteiger partial charge < -0.3 is 9.84 Å². The molecule has 84 valence electrons. The van der Waals surface area contributed by atoms with Crippen LogP contribution >= 0.6 is 0 Å². The smallest absolute Gasteiger partial charge is 0.109 e. The molecular weight excluding hydrogens is 188 g/mol. The van der Waals surface area contributed by atoms with Crippen LogP contribution in [0.15, 0.2) is 22.8 Å². The first-order valence-corrected chi connectivity index (χ1v) is 5.77. The molecule has 1 N–H and O–H groups in total. The van der Waals surface area contributed by atoms with Gasteiger partial charge in [0.25, 0.3) is 0 Å². The Morgan fingerprint density at radius 3 is 2.87 bits per heavy atom. The molecule has 0 saturated heterocycles. The minimum Gasteiger partial charge on any atom is -0.386 e. The van der Waals surface area contributed by atoms with E-state index in [2.05, 4.69) is 13.0 Å². The second-order valence-electron chi connectivity index (χ2n) is 4.76. The molecule has 0 saturated carbocycles. The second-order valence-corrected chi connectivity index (χ2v) is 4.76. The standard InChI is InChI=1S/C13H20O2/c1-8-5-4-6-10-7-9(2)12(14)13(15-3)11(8)10/h7-8,12-14H,4-6H2,1-3H3. The van der Waals surface area contributed by atoms with E-state index in [9.17, 15) is 5.11 Å². The summed E-state index contributed by atoms with van der Waals surface area (Å²) in [6, 6.07) is 0. The molecule has 0 aliphatic heterocycles. The van der Waals surface area contributed by atoms with Gasteiger partial charge in [-0.25, -0.2) is 0 Å². The van der Waals surface area contributed by atoms with Crippen LogP contribution in [0.25, 0.3) is 0 Å². The van der Waals surface area contributed by atoms with E-state index in [1.807, 2.05) is 6.92 Å². The molecule has 0 spiro atoms. The molecule has 3 unspecified atom stereocenters. The van der Waals surface area contributed by atoms with Gasteiger partial charge in [-0.1, -0.05) is 13.0 Å². The monoisotopic (exact) mass is 208 g/mol. The summed E-state index contributed by atoms with van der Waals surface area (Å²) in [6.07, 6.45) is 5.22. The first-order chi connectivity index (χ1) is 7.15. The number of aliphatic hydroxyl groups excluding tert-OH is 1. The molecule has 3 atom stereocenters. The van der Waals surface area contributed by atoms with Crippen molar-refractivity contribution >= 4 is 0 Å². The Labute approximate surface area is 91.6 Å². The van der Waals surface area contributed by atoms with E-state index in [0.29, 0.717) is 5.92 Å². The lowest BCUT2D eigenvalue weighted by atomic mass is 9.75. The van der Waals surface area contributed by atoms with E-state index in [-0.39, 0.29) is 6.10 Å². The number of allylic oxidation sites excluding steroid dienone is 2. The molecular formula is C13H20O2. The minimum atomic E-state index is -0.450. The van der Waals surface area contributed by atoms with E-state index in [4.69, 9.17) is 4.74 Å². The van der Waals surface area contributed by atoms with Crippen LogP contribution in [0.2, 0.25) is 0 Å². The Balaban J connectivity index is 2.41. The third-order valence-electron chi connectivity index (χ3n) is 3.70. The summed E-state index contributed by atoms with van der Waals surface area (Å²) in [5.74, 6) is 0.553. The quantitative estimate of drug-likeness (QED) is 0.717. The largest absolute Gasteiger partial charge is 0.386 e. The van der Waals surface area contributed by atoms with E-state index in [1.165, 1.54) is 24.0 Å². The Morgan fingerprint density at radius 2 is 2.20 bits per heavy atom. The van der Waals surface area contributed by atoms with Gasteiger partial charge in [0, 0.05) is 7.11 Å². The van der Waals surface area contributed by atoms with Crippen molar-refractivity contribution in [2.24, 2.45) is 5.92 Å². The third-order valence-corrected chi connectivity index (χ3v) is 3.70. The number of rotatable bonds is 1. The van der Waals surface area contributed by atoms with Gasteiger partial charge in [-0.05, 0) is 48.8 Å².